The Morgan fingerprint density at radius 3 is 2.50 bits per heavy atom. The lowest BCUT2D eigenvalue weighted by Gasteiger charge is -2.48. The lowest BCUT2D eigenvalue weighted by molar-refractivity contribution is -0.239. The number of rotatable bonds is 2. The Morgan fingerprint density at radius 2 is 1.83 bits per heavy atom. The molecular formula is C18H20O6. The molecular weight excluding hydrogens is 312 g/mol. The third-order valence-corrected chi connectivity index (χ3v) is 5.85. The van der Waals surface area contributed by atoms with Gasteiger partial charge in [-0.3, -0.25) is 9.59 Å². The highest BCUT2D eigenvalue weighted by Gasteiger charge is 2.86. The van der Waals surface area contributed by atoms with Gasteiger partial charge in [-0.1, -0.05) is 6.42 Å². The Hall–Kier alpha value is -1.79. The highest BCUT2D eigenvalue weighted by atomic mass is 16.8. The summed E-state index contributed by atoms with van der Waals surface area (Å²) in [5.41, 5.74) is -4.18. The van der Waals surface area contributed by atoms with Gasteiger partial charge in [0, 0.05) is 6.42 Å². The largest absolute Gasteiger partial charge is 0.463 e. The van der Waals surface area contributed by atoms with Crippen LogP contribution >= 0.6 is 0 Å². The van der Waals surface area contributed by atoms with Crippen LogP contribution in [0.15, 0.2) is 24.3 Å². The zero-order valence-corrected chi connectivity index (χ0v) is 13.8. The standard InChI is InChI=1S/C18H20O6/c1-3-22-14(21)18-13(20)15(2)8-4-5-9-17(15,24-18)23-16(18)10-6-12(19)7-11-16/h6-7,10-11H,3-5,8-9H2,1-2H3. The van der Waals surface area contributed by atoms with Crippen molar-refractivity contribution in [2.24, 2.45) is 5.41 Å². The fourth-order valence-electron chi connectivity index (χ4n) is 4.57. The second kappa shape index (κ2) is 4.64. The van der Waals surface area contributed by atoms with Crippen molar-refractivity contribution in [3.05, 3.63) is 24.3 Å². The van der Waals surface area contributed by atoms with Crippen molar-refractivity contribution < 1.29 is 28.6 Å². The van der Waals surface area contributed by atoms with Crippen molar-refractivity contribution in [2.75, 3.05) is 6.61 Å². The molecule has 3 fully saturated rings. The molecule has 2 aliphatic heterocycles. The van der Waals surface area contributed by atoms with Gasteiger partial charge in [-0.25, -0.2) is 4.79 Å². The summed E-state index contributed by atoms with van der Waals surface area (Å²) < 4.78 is 17.7. The van der Waals surface area contributed by atoms with Crippen molar-refractivity contribution in [3.8, 4) is 0 Å². The number of carbonyl (C=O) groups is 3. The number of ether oxygens (including phenoxy) is 3. The molecule has 4 aliphatic rings. The first-order valence-corrected chi connectivity index (χ1v) is 8.41. The van der Waals surface area contributed by atoms with Gasteiger partial charge in [0.1, 0.15) is 0 Å². The highest BCUT2D eigenvalue weighted by Crippen LogP contribution is 2.67. The number of carbonyl (C=O) groups excluding carboxylic acids is 3. The van der Waals surface area contributed by atoms with Gasteiger partial charge in [0.25, 0.3) is 5.60 Å². The first kappa shape index (κ1) is 15.7. The maximum atomic E-state index is 13.5. The van der Waals surface area contributed by atoms with Gasteiger partial charge < -0.3 is 14.2 Å². The Kier molecular flexibility index (Phi) is 3.04. The molecule has 6 nitrogen and oxygen atoms in total. The Labute approximate surface area is 139 Å². The summed E-state index contributed by atoms with van der Waals surface area (Å²) in [5.74, 6) is -2.42. The van der Waals surface area contributed by atoms with Crippen molar-refractivity contribution in [1.82, 2.24) is 0 Å². The van der Waals surface area contributed by atoms with Gasteiger partial charge in [-0.15, -0.1) is 0 Å². The first-order valence-electron chi connectivity index (χ1n) is 8.41. The quantitative estimate of drug-likeness (QED) is 0.565. The zero-order chi connectivity index (χ0) is 17.2. The summed E-state index contributed by atoms with van der Waals surface area (Å²) >= 11 is 0. The molecule has 2 bridgehead atoms. The molecule has 6 heteroatoms. The minimum atomic E-state index is -1.88. The van der Waals surface area contributed by atoms with Gasteiger partial charge in [-0.05, 0) is 51.0 Å². The summed E-state index contributed by atoms with van der Waals surface area (Å²) in [6.45, 7) is 3.62. The van der Waals surface area contributed by atoms with Gasteiger partial charge >= 0.3 is 5.97 Å². The molecule has 2 spiro atoms. The second-order valence-electron chi connectivity index (χ2n) is 7.09. The van der Waals surface area contributed by atoms with E-state index in [0.29, 0.717) is 12.8 Å². The van der Waals surface area contributed by atoms with Crippen LogP contribution < -0.4 is 0 Å². The number of allylic oxidation sites excluding steroid dienone is 2. The zero-order valence-electron chi connectivity index (χ0n) is 13.8. The van der Waals surface area contributed by atoms with Crippen molar-refractivity contribution in [2.45, 2.75) is 56.5 Å². The van der Waals surface area contributed by atoms with E-state index >= 15 is 0 Å². The Balaban J connectivity index is 1.92. The Bertz CT molecular complexity index is 690. The first-order chi connectivity index (χ1) is 11.4. The van der Waals surface area contributed by atoms with E-state index in [1.54, 1.807) is 6.92 Å². The van der Waals surface area contributed by atoms with E-state index in [4.69, 9.17) is 14.2 Å². The van der Waals surface area contributed by atoms with Crippen LogP contribution in [0.25, 0.3) is 0 Å². The predicted octanol–water partition coefficient (Wildman–Crippen LogP) is 1.63. The third-order valence-electron chi connectivity index (χ3n) is 5.85. The van der Waals surface area contributed by atoms with Gasteiger partial charge in [0.2, 0.25) is 0 Å². The SMILES string of the molecule is CCOC(=O)C12OC3(CCCCC3(C)C1=O)OC21C=CC(=O)C=C1. The average molecular weight is 332 g/mol. The van der Waals surface area contributed by atoms with Gasteiger partial charge in [0.05, 0.1) is 12.0 Å². The highest BCUT2D eigenvalue weighted by molar-refractivity contribution is 6.15. The van der Waals surface area contributed by atoms with Crippen LogP contribution in [0, 0.1) is 5.41 Å². The fourth-order valence-corrected chi connectivity index (χ4v) is 4.57. The van der Waals surface area contributed by atoms with Crippen molar-refractivity contribution in [3.63, 3.8) is 0 Å². The van der Waals surface area contributed by atoms with Crippen molar-refractivity contribution in [1.29, 1.82) is 0 Å². The molecule has 0 aromatic carbocycles. The molecule has 24 heavy (non-hydrogen) atoms. The minimum Gasteiger partial charge on any atom is -0.463 e. The fraction of sp³-hybridized carbons (Fsp3) is 0.611. The van der Waals surface area contributed by atoms with Crippen LogP contribution in [0.3, 0.4) is 0 Å². The van der Waals surface area contributed by atoms with E-state index in [0.717, 1.165) is 12.8 Å². The van der Waals surface area contributed by atoms with E-state index in [9.17, 15) is 14.4 Å². The maximum Gasteiger partial charge on any atom is 0.350 e. The lowest BCUT2D eigenvalue weighted by Crippen LogP contribution is -2.67. The maximum absolute atomic E-state index is 13.5. The number of hydrogen-bond donors (Lipinski definition) is 0. The average Bonchev–Trinajstić information content (AvgIpc) is 2.96. The van der Waals surface area contributed by atoms with Crippen LogP contribution in [-0.2, 0) is 28.6 Å². The molecule has 3 atom stereocenters. The smallest absolute Gasteiger partial charge is 0.350 e. The van der Waals surface area contributed by atoms with Crippen LogP contribution in [0.1, 0.15) is 39.5 Å². The summed E-state index contributed by atoms with van der Waals surface area (Å²) in [7, 11) is 0. The monoisotopic (exact) mass is 332 g/mol. The molecule has 0 radical (unpaired) electrons. The number of esters is 1. The third kappa shape index (κ3) is 1.51. The summed E-state index contributed by atoms with van der Waals surface area (Å²) in [5, 5.41) is 0. The number of fused-ring (bicyclic) bond motifs is 2. The van der Waals surface area contributed by atoms with Gasteiger partial charge in [0.15, 0.2) is 23.0 Å². The molecule has 4 rings (SSSR count). The molecule has 2 heterocycles. The molecule has 2 aliphatic carbocycles. The summed E-state index contributed by atoms with van der Waals surface area (Å²) in [4.78, 5) is 37.9. The summed E-state index contributed by atoms with van der Waals surface area (Å²) in [6.07, 6.45) is 8.44. The van der Waals surface area contributed by atoms with Crippen LogP contribution in [0.5, 0.6) is 0 Å². The minimum absolute atomic E-state index is 0.128. The van der Waals surface area contributed by atoms with E-state index in [-0.39, 0.29) is 18.2 Å². The molecule has 3 unspecified atom stereocenters. The molecule has 128 valence electrons. The topological polar surface area (TPSA) is 78.9 Å². The number of ketones is 2. The van der Waals surface area contributed by atoms with E-state index in [1.165, 1.54) is 24.3 Å². The molecule has 0 aromatic rings. The number of hydrogen-bond acceptors (Lipinski definition) is 6. The van der Waals surface area contributed by atoms with Gasteiger partial charge in [-0.2, -0.15) is 0 Å². The number of Topliss-reactive ketones (excluding diaryl/α,β-unsaturated/α-hetero) is 1. The molecule has 0 aromatic heterocycles. The van der Waals surface area contributed by atoms with Crippen molar-refractivity contribution >= 4 is 17.5 Å². The summed E-state index contributed by atoms with van der Waals surface area (Å²) in [6, 6.07) is 0. The molecule has 0 N–H and O–H groups in total. The van der Waals surface area contributed by atoms with E-state index < -0.39 is 28.4 Å². The second-order valence-corrected chi connectivity index (χ2v) is 7.09. The molecule has 1 saturated carbocycles. The predicted molar refractivity (Wildman–Crippen MR) is 81.9 cm³/mol. The molecule has 2 saturated heterocycles. The lowest BCUT2D eigenvalue weighted by atomic mass is 9.61. The normalized spacial score (nSPS) is 41.8. The van der Waals surface area contributed by atoms with E-state index in [1.807, 2.05) is 6.92 Å². The molecule has 0 amide bonds. The van der Waals surface area contributed by atoms with Crippen LogP contribution in [-0.4, -0.2) is 41.1 Å². The van der Waals surface area contributed by atoms with E-state index in [2.05, 4.69) is 0 Å². The van der Waals surface area contributed by atoms with Crippen LogP contribution in [0.4, 0.5) is 0 Å². The Morgan fingerprint density at radius 1 is 1.17 bits per heavy atom. The van der Waals surface area contributed by atoms with Crippen LogP contribution in [0.2, 0.25) is 0 Å².